The van der Waals surface area contributed by atoms with Crippen LogP contribution < -0.4 is 5.73 Å². The van der Waals surface area contributed by atoms with Crippen LogP contribution in [0.2, 0.25) is 5.02 Å². The molecule has 0 bridgehead atoms. The minimum absolute atomic E-state index is 0.294. The van der Waals surface area contributed by atoms with Gasteiger partial charge in [-0.25, -0.2) is 4.98 Å². The molecule has 0 aliphatic carbocycles. The predicted molar refractivity (Wildman–Crippen MR) is 77.7 cm³/mol. The Balaban J connectivity index is 2.37. The molecule has 0 spiro atoms. The lowest BCUT2D eigenvalue weighted by Gasteiger charge is -2.03. The van der Waals surface area contributed by atoms with Crippen molar-refractivity contribution in [3.05, 3.63) is 38.1 Å². The van der Waals surface area contributed by atoms with Gasteiger partial charge in [0, 0.05) is 27.9 Å². The van der Waals surface area contributed by atoms with Crippen LogP contribution in [0.3, 0.4) is 0 Å². The second kappa shape index (κ2) is 5.48. The fraction of sp³-hybridized carbons (Fsp3) is 0.250. The van der Waals surface area contributed by atoms with Crippen molar-refractivity contribution in [3.8, 4) is 11.3 Å². The Hall–Kier alpha value is -0.420. The molecule has 0 fully saturated rings. The van der Waals surface area contributed by atoms with E-state index in [1.54, 1.807) is 11.3 Å². The molecule has 0 radical (unpaired) electrons. The van der Waals surface area contributed by atoms with Crippen molar-refractivity contribution in [3.63, 3.8) is 0 Å². The highest BCUT2D eigenvalue weighted by Gasteiger charge is 2.12. The van der Waals surface area contributed by atoms with Gasteiger partial charge in [0.2, 0.25) is 0 Å². The normalized spacial score (nSPS) is 12.7. The van der Waals surface area contributed by atoms with Crippen LogP contribution in [0.15, 0.2) is 28.1 Å². The van der Waals surface area contributed by atoms with Gasteiger partial charge in [-0.1, -0.05) is 40.5 Å². The van der Waals surface area contributed by atoms with Crippen LogP contribution in [-0.4, -0.2) is 11.5 Å². The fourth-order valence-corrected chi connectivity index (χ4v) is 3.10. The van der Waals surface area contributed by atoms with E-state index >= 15 is 0 Å². The van der Waals surface area contributed by atoms with Crippen molar-refractivity contribution in [2.45, 2.75) is 12.8 Å². The van der Waals surface area contributed by atoms with Crippen molar-refractivity contribution in [2.24, 2.45) is 5.73 Å². The zero-order chi connectivity index (χ0) is 12.4. The molecule has 17 heavy (non-hydrogen) atoms. The third-order valence-corrected chi connectivity index (χ3v) is 4.39. The van der Waals surface area contributed by atoms with Crippen LogP contribution in [0.1, 0.15) is 17.8 Å². The summed E-state index contributed by atoms with van der Waals surface area (Å²) < 4.78 is 0.969. The van der Waals surface area contributed by atoms with E-state index in [1.165, 1.54) is 0 Å². The van der Waals surface area contributed by atoms with Gasteiger partial charge in [-0.15, -0.1) is 11.3 Å². The van der Waals surface area contributed by atoms with E-state index in [4.69, 9.17) is 17.3 Å². The Kier molecular flexibility index (Phi) is 4.20. The van der Waals surface area contributed by atoms with Crippen molar-refractivity contribution >= 4 is 38.9 Å². The molecule has 5 heteroatoms. The molecule has 0 aliphatic rings. The van der Waals surface area contributed by atoms with E-state index in [1.807, 2.05) is 23.6 Å². The summed E-state index contributed by atoms with van der Waals surface area (Å²) in [6.45, 7) is 2.69. The van der Waals surface area contributed by atoms with Gasteiger partial charge in [0.25, 0.3) is 0 Å². The summed E-state index contributed by atoms with van der Waals surface area (Å²) in [7, 11) is 0. The highest BCUT2D eigenvalue weighted by atomic mass is 79.9. The molecular formula is C12H12BrClN2S. The minimum Gasteiger partial charge on any atom is -0.330 e. The van der Waals surface area contributed by atoms with Gasteiger partial charge in [0.1, 0.15) is 0 Å². The average molecular weight is 332 g/mol. The second-order valence-electron chi connectivity index (χ2n) is 3.83. The molecule has 0 aliphatic heterocycles. The van der Waals surface area contributed by atoms with Gasteiger partial charge in [-0.05, 0) is 12.1 Å². The van der Waals surface area contributed by atoms with Crippen LogP contribution in [0.4, 0.5) is 0 Å². The van der Waals surface area contributed by atoms with Crippen LogP contribution in [0, 0.1) is 0 Å². The van der Waals surface area contributed by atoms with E-state index < -0.39 is 0 Å². The molecule has 1 aromatic heterocycles. The summed E-state index contributed by atoms with van der Waals surface area (Å²) in [5, 5.41) is 3.79. The Morgan fingerprint density at radius 2 is 2.29 bits per heavy atom. The first kappa shape index (κ1) is 13.0. The zero-order valence-corrected chi connectivity index (χ0v) is 12.4. The molecule has 2 rings (SSSR count). The third-order valence-electron chi connectivity index (χ3n) is 2.50. The van der Waals surface area contributed by atoms with Gasteiger partial charge in [-0.2, -0.15) is 0 Å². The highest BCUT2D eigenvalue weighted by molar-refractivity contribution is 9.10. The van der Waals surface area contributed by atoms with E-state index in [0.29, 0.717) is 17.5 Å². The summed E-state index contributed by atoms with van der Waals surface area (Å²) >= 11 is 11.2. The molecule has 1 atom stereocenters. The monoisotopic (exact) mass is 330 g/mol. The molecular weight excluding hydrogens is 320 g/mol. The third kappa shape index (κ3) is 2.88. The molecule has 1 heterocycles. The number of rotatable bonds is 3. The van der Waals surface area contributed by atoms with E-state index in [0.717, 1.165) is 20.7 Å². The first-order valence-electron chi connectivity index (χ1n) is 5.22. The van der Waals surface area contributed by atoms with Crippen LogP contribution in [-0.2, 0) is 0 Å². The van der Waals surface area contributed by atoms with Gasteiger partial charge in [0.15, 0.2) is 0 Å². The topological polar surface area (TPSA) is 38.9 Å². The lowest BCUT2D eigenvalue weighted by molar-refractivity contribution is 0.766. The first-order valence-corrected chi connectivity index (χ1v) is 7.27. The largest absolute Gasteiger partial charge is 0.330 e. The average Bonchev–Trinajstić information content (AvgIpc) is 2.77. The summed E-state index contributed by atoms with van der Waals surface area (Å²) in [5.74, 6) is 0.294. The Morgan fingerprint density at radius 3 is 2.94 bits per heavy atom. The van der Waals surface area contributed by atoms with Gasteiger partial charge in [-0.3, -0.25) is 0 Å². The van der Waals surface area contributed by atoms with E-state index in [-0.39, 0.29) is 0 Å². The van der Waals surface area contributed by atoms with Crippen molar-refractivity contribution in [1.29, 1.82) is 0 Å². The fourth-order valence-electron chi connectivity index (χ4n) is 1.44. The lowest BCUT2D eigenvalue weighted by atomic mass is 10.1. The highest BCUT2D eigenvalue weighted by Crippen LogP contribution is 2.32. The molecule has 90 valence electrons. The molecule has 2 nitrogen and oxygen atoms in total. The maximum absolute atomic E-state index is 6.20. The number of hydrogen-bond donors (Lipinski definition) is 1. The summed E-state index contributed by atoms with van der Waals surface area (Å²) in [6.07, 6.45) is 0. The number of benzene rings is 1. The van der Waals surface area contributed by atoms with Crippen LogP contribution >= 0.6 is 38.9 Å². The molecule has 2 aromatic rings. The van der Waals surface area contributed by atoms with Gasteiger partial charge < -0.3 is 5.73 Å². The zero-order valence-electron chi connectivity index (χ0n) is 9.28. The molecule has 1 unspecified atom stereocenters. The minimum atomic E-state index is 0.294. The SMILES string of the molecule is CC(CN)c1nc(-c2ccc(Br)cc2Cl)cs1. The van der Waals surface area contributed by atoms with Crippen molar-refractivity contribution < 1.29 is 0 Å². The molecule has 0 saturated carbocycles. The van der Waals surface area contributed by atoms with Crippen LogP contribution in [0.5, 0.6) is 0 Å². The summed E-state index contributed by atoms with van der Waals surface area (Å²) in [5.41, 5.74) is 7.52. The van der Waals surface area contributed by atoms with Crippen LogP contribution in [0.25, 0.3) is 11.3 Å². The molecule has 0 amide bonds. The Bertz CT molecular complexity index is 527. The number of aromatic nitrogens is 1. The second-order valence-corrected chi connectivity index (χ2v) is 6.04. The van der Waals surface area contributed by atoms with Gasteiger partial charge >= 0.3 is 0 Å². The quantitative estimate of drug-likeness (QED) is 0.911. The van der Waals surface area contributed by atoms with E-state index in [2.05, 4.69) is 27.8 Å². The van der Waals surface area contributed by atoms with Crippen molar-refractivity contribution in [1.82, 2.24) is 4.98 Å². The maximum Gasteiger partial charge on any atom is 0.0973 e. The Morgan fingerprint density at radius 1 is 1.53 bits per heavy atom. The predicted octanol–water partition coefficient (Wildman–Crippen LogP) is 4.29. The van der Waals surface area contributed by atoms with E-state index in [9.17, 15) is 0 Å². The molecule has 1 aromatic carbocycles. The molecule has 0 saturated heterocycles. The van der Waals surface area contributed by atoms with Gasteiger partial charge in [0.05, 0.1) is 15.7 Å². The number of nitrogens with zero attached hydrogens (tertiary/aromatic N) is 1. The Labute approximate surface area is 118 Å². The number of nitrogens with two attached hydrogens (primary N) is 1. The first-order chi connectivity index (χ1) is 8.11. The standard InChI is InChI=1S/C12H12BrClN2S/c1-7(5-15)12-16-11(6-17-12)9-3-2-8(13)4-10(9)14/h2-4,6-7H,5,15H2,1H3. The number of hydrogen-bond acceptors (Lipinski definition) is 3. The lowest BCUT2D eigenvalue weighted by Crippen LogP contribution is -2.08. The summed E-state index contributed by atoms with van der Waals surface area (Å²) in [6, 6.07) is 5.81. The number of halogens is 2. The van der Waals surface area contributed by atoms with Crippen molar-refractivity contribution in [2.75, 3.05) is 6.54 Å². The smallest absolute Gasteiger partial charge is 0.0973 e. The maximum atomic E-state index is 6.20. The summed E-state index contributed by atoms with van der Waals surface area (Å²) in [4.78, 5) is 4.58. The molecule has 2 N–H and O–H groups in total. The number of thiazole rings is 1.